The van der Waals surface area contributed by atoms with Gasteiger partial charge in [-0.1, -0.05) is 30.3 Å². The van der Waals surface area contributed by atoms with Crippen LogP contribution in [-0.4, -0.2) is 22.9 Å². The van der Waals surface area contributed by atoms with E-state index in [1.807, 2.05) is 62.5 Å². The summed E-state index contributed by atoms with van der Waals surface area (Å²) in [5.74, 6) is 2.19. The maximum Gasteiger partial charge on any atom is 0.221 e. The standard InChI is InChI=1S/C21H23N5O/c1-15-22-20(25-19-11-9-18(10-12-19)24-16(2)27)13-21(23-15)26(3)14-17-7-5-4-6-8-17/h4-13H,14H2,1-3H3,(H,24,27)(H,22,23,25). The number of carbonyl (C=O) groups excluding carboxylic acids is 1. The first-order valence-corrected chi connectivity index (χ1v) is 8.75. The molecule has 3 aromatic rings. The van der Waals surface area contributed by atoms with E-state index < -0.39 is 0 Å². The Balaban J connectivity index is 1.74. The van der Waals surface area contributed by atoms with Crippen LogP contribution in [0, 0.1) is 6.92 Å². The highest BCUT2D eigenvalue weighted by molar-refractivity contribution is 5.88. The number of aromatic nitrogens is 2. The van der Waals surface area contributed by atoms with Gasteiger partial charge in [0.2, 0.25) is 5.91 Å². The zero-order chi connectivity index (χ0) is 19.2. The predicted octanol–water partition coefficient (Wildman–Crippen LogP) is 4.12. The summed E-state index contributed by atoms with van der Waals surface area (Å²) in [6.45, 7) is 4.14. The molecule has 1 amide bonds. The molecule has 0 bridgehead atoms. The molecule has 138 valence electrons. The zero-order valence-electron chi connectivity index (χ0n) is 15.7. The highest BCUT2D eigenvalue weighted by Gasteiger charge is 2.08. The number of anilines is 4. The van der Waals surface area contributed by atoms with Crippen molar-refractivity contribution in [2.24, 2.45) is 0 Å². The van der Waals surface area contributed by atoms with E-state index >= 15 is 0 Å². The number of nitrogens with one attached hydrogen (secondary N) is 2. The summed E-state index contributed by atoms with van der Waals surface area (Å²) in [5, 5.41) is 6.05. The molecule has 0 fully saturated rings. The second kappa shape index (κ2) is 8.31. The fraction of sp³-hybridized carbons (Fsp3) is 0.190. The molecule has 2 N–H and O–H groups in total. The van der Waals surface area contributed by atoms with Gasteiger partial charge in [-0.05, 0) is 36.8 Å². The number of amides is 1. The Morgan fingerprint density at radius 2 is 1.67 bits per heavy atom. The van der Waals surface area contributed by atoms with Crippen LogP contribution in [0.3, 0.4) is 0 Å². The molecule has 0 saturated heterocycles. The molecule has 0 aliphatic carbocycles. The highest BCUT2D eigenvalue weighted by atomic mass is 16.1. The van der Waals surface area contributed by atoms with Gasteiger partial charge in [-0.25, -0.2) is 9.97 Å². The Labute approximate surface area is 159 Å². The lowest BCUT2D eigenvalue weighted by molar-refractivity contribution is -0.114. The van der Waals surface area contributed by atoms with Crippen molar-refractivity contribution in [2.75, 3.05) is 22.6 Å². The summed E-state index contributed by atoms with van der Waals surface area (Å²) in [6, 6.07) is 19.7. The molecule has 3 rings (SSSR count). The van der Waals surface area contributed by atoms with Crippen LogP contribution in [0.2, 0.25) is 0 Å². The van der Waals surface area contributed by atoms with Gasteiger partial charge in [-0.2, -0.15) is 0 Å². The topological polar surface area (TPSA) is 70.2 Å². The number of hydrogen-bond donors (Lipinski definition) is 2. The van der Waals surface area contributed by atoms with Crippen molar-refractivity contribution < 1.29 is 4.79 Å². The van der Waals surface area contributed by atoms with Crippen LogP contribution in [-0.2, 0) is 11.3 Å². The highest BCUT2D eigenvalue weighted by Crippen LogP contribution is 2.21. The quantitative estimate of drug-likeness (QED) is 0.691. The first-order valence-electron chi connectivity index (χ1n) is 8.75. The van der Waals surface area contributed by atoms with Gasteiger partial charge in [0, 0.05) is 38.0 Å². The summed E-state index contributed by atoms with van der Waals surface area (Å²) in [5.41, 5.74) is 2.87. The van der Waals surface area contributed by atoms with E-state index in [0.717, 1.165) is 29.6 Å². The smallest absolute Gasteiger partial charge is 0.221 e. The maximum atomic E-state index is 11.1. The molecule has 0 saturated carbocycles. The van der Waals surface area contributed by atoms with Crippen molar-refractivity contribution in [3.05, 3.63) is 72.1 Å². The van der Waals surface area contributed by atoms with E-state index in [1.165, 1.54) is 12.5 Å². The molecule has 6 nitrogen and oxygen atoms in total. The van der Waals surface area contributed by atoms with E-state index in [9.17, 15) is 4.79 Å². The fourth-order valence-electron chi connectivity index (χ4n) is 2.74. The van der Waals surface area contributed by atoms with Crippen LogP contribution in [0.15, 0.2) is 60.7 Å². The SMILES string of the molecule is CC(=O)Nc1ccc(Nc2cc(N(C)Cc3ccccc3)nc(C)n2)cc1. The number of hydrogen-bond acceptors (Lipinski definition) is 5. The van der Waals surface area contributed by atoms with Crippen LogP contribution in [0.25, 0.3) is 0 Å². The van der Waals surface area contributed by atoms with Crippen molar-refractivity contribution in [1.29, 1.82) is 0 Å². The number of carbonyl (C=O) groups is 1. The lowest BCUT2D eigenvalue weighted by Crippen LogP contribution is -2.18. The molecule has 27 heavy (non-hydrogen) atoms. The van der Waals surface area contributed by atoms with Crippen molar-refractivity contribution in [3.63, 3.8) is 0 Å². The van der Waals surface area contributed by atoms with Crippen molar-refractivity contribution in [1.82, 2.24) is 9.97 Å². The van der Waals surface area contributed by atoms with Crippen molar-refractivity contribution >= 4 is 28.9 Å². The minimum atomic E-state index is -0.0896. The van der Waals surface area contributed by atoms with Crippen LogP contribution in [0.1, 0.15) is 18.3 Å². The van der Waals surface area contributed by atoms with Crippen molar-refractivity contribution in [2.45, 2.75) is 20.4 Å². The third kappa shape index (κ3) is 5.28. The Morgan fingerprint density at radius 1 is 1.00 bits per heavy atom. The van der Waals surface area contributed by atoms with Gasteiger partial charge < -0.3 is 15.5 Å². The summed E-state index contributed by atoms with van der Waals surface area (Å²) in [7, 11) is 2.01. The van der Waals surface area contributed by atoms with Crippen LogP contribution in [0.4, 0.5) is 23.0 Å². The van der Waals surface area contributed by atoms with Gasteiger partial charge in [0.25, 0.3) is 0 Å². The van der Waals surface area contributed by atoms with Crippen LogP contribution >= 0.6 is 0 Å². The van der Waals surface area contributed by atoms with E-state index in [-0.39, 0.29) is 5.91 Å². The van der Waals surface area contributed by atoms with Gasteiger partial charge in [0.05, 0.1) is 0 Å². The molecule has 0 spiro atoms. The fourth-order valence-corrected chi connectivity index (χ4v) is 2.74. The molecular formula is C21H23N5O. The zero-order valence-corrected chi connectivity index (χ0v) is 15.7. The van der Waals surface area contributed by atoms with Gasteiger partial charge >= 0.3 is 0 Å². The maximum absolute atomic E-state index is 11.1. The van der Waals surface area contributed by atoms with Gasteiger partial charge in [0.15, 0.2) is 0 Å². The van der Waals surface area contributed by atoms with Crippen LogP contribution < -0.4 is 15.5 Å². The Morgan fingerprint density at radius 3 is 2.33 bits per heavy atom. The number of nitrogens with zero attached hydrogens (tertiary/aromatic N) is 3. The lowest BCUT2D eigenvalue weighted by atomic mass is 10.2. The largest absolute Gasteiger partial charge is 0.355 e. The van der Waals surface area contributed by atoms with Gasteiger partial charge in [-0.3, -0.25) is 4.79 Å². The first-order chi connectivity index (χ1) is 13.0. The summed E-state index contributed by atoms with van der Waals surface area (Å²) in [4.78, 5) is 22.2. The van der Waals surface area contributed by atoms with E-state index in [2.05, 4.69) is 37.6 Å². The monoisotopic (exact) mass is 361 g/mol. The Kier molecular flexibility index (Phi) is 5.66. The molecule has 0 radical (unpaired) electrons. The molecule has 0 aliphatic heterocycles. The second-order valence-electron chi connectivity index (χ2n) is 6.38. The average Bonchev–Trinajstić information content (AvgIpc) is 2.63. The van der Waals surface area contributed by atoms with E-state index in [4.69, 9.17) is 0 Å². The molecule has 0 unspecified atom stereocenters. The summed E-state index contributed by atoms with van der Waals surface area (Å²) >= 11 is 0. The predicted molar refractivity (Wildman–Crippen MR) is 109 cm³/mol. The summed E-state index contributed by atoms with van der Waals surface area (Å²) < 4.78 is 0. The molecule has 1 heterocycles. The molecule has 2 aromatic carbocycles. The average molecular weight is 361 g/mol. The second-order valence-corrected chi connectivity index (χ2v) is 6.38. The number of aryl methyl sites for hydroxylation is 1. The number of rotatable bonds is 6. The minimum Gasteiger partial charge on any atom is -0.355 e. The van der Waals surface area contributed by atoms with Crippen molar-refractivity contribution in [3.8, 4) is 0 Å². The van der Waals surface area contributed by atoms with Crippen LogP contribution in [0.5, 0.6) is 0 Å². The van der Waals surface area contributed by atoms with Gasteiger partial charge in [0.1, 0.15) is 17.5 Å². The molecular weight excluding hydrogens is 338 g/mol. The van der Waals surface area contributed by atoms with E-state index in [0.29, 0.717) is 5.82 Å². The molecule has 6 heteroatoms. The minimum absolute atomic E-state index is 0.0896. The Bertz CT molecular complexity index is 910. The molecule has 0 aliphatic rings. The number of benzene rings is 2. The first kappa shape index (κ1) is 18.4. The lowest BCUT2D eigenvalue weighted by Gasteiger charge is -2.19. The molecule has 1 aromatic heterocycles. The normalized spacial score (nSPS) is 10.3. The summed E-state index contributed by atoms with van der Waals surface area (Å²) in [6.07, 6.45) is 0. The molecule has 0 atom stereocenters. The third-order valence-electron chi connectivity index (χ3n) is 3.96. The third-order valence-corrected chi connectivity index (χ3v) is 3.96. The van der Waals surface area contributed by atoms with E-state index in [1.54, 1.807) is 0 Å². The Hall–Kier alpha value is -3.41. The van der Waals surface area contributed by atoms with Gasteiger partial charge in [-0.15, -0.1) is 0 Å².